The molecule has 0 saturated carbocycles. The molecule has 2 aromatic carbocycles. The number of halogens is 3. The SMILES string of the molecule is O=C(O)C1CCCc2c1c1cc(C(Cl)(Cl)Cl)ccc1n2C(=O)c1ccccc1. The number of nitrogens with zero attached hydrogens (tertiary/aromatic N) is 1. The lowest BCUT2D eigenvalue weighted by Gasteiger charge is -2.21. The number of carbonyl (C=O) groups is 2. The number of hydrogen-bond acceptors (Lipinski definition) is 2. The Labute approximate surface area is 176 Å². The molecule has 7 heteroatoms. The van der Waals surface area contributed by atoms with Crippen LogP contribution in [0.3, 0.4) is 0 Å². The molecule has 28 heavy (non-hydrogen) atoms. The molecule has 1 atom stereocenters. The maximum atomic E-state index is 13.3. The van der Waals surface area contributed by atoms with E-state index in [1.54, 1.807) is 47.0 Å². The number of rotatable bonds is 2. The molecule has 0 aliphatic heterocycles. The predicted molar refractivity (Wildman–Crippen MR) is 111 cm³/mol. The van der Waals surface area contributed by atoms with E-state index in [9.17, 15) is 14.7 Å². The van der Waals surface area contributed by atoms with Crippen LogP contribution in [-0.2, 0) is 15.0 Å². The van der Waals surface area contributed by atoms with E-state index >= 15 is 0 Å². The zero-order valence-electron chi connectivity index (χ0n) is 14.7. The van der Waals surface area contributed by atoms with Crippen LogP contribution in [0.25, 0.3) is 10.9 Å². The molecule has 1 unspecified atom stereocenters. The van der Waals surface area contributed by atoms with Gasteiger partial charge in [-0.15, -0.1) is 0 Å². The van der Waals surface area contributed by atoms with Crippen LogP contribution in [0, 0.1) is 0 Å². The Hall–Kier alpha value is -2.01. The maximum absolute atomic E-state index is 13.3. The topological polar surface area (TPSA) is 59.3 Å². The molecule has 4 nitrogen and oxygen atoms in total. The zero-order chi connectivity index (χ0) is 20.1. The van der Waals surface area contributed by atoms with E-state index in [1.165, 1.54) is 0 Å². The highest BCUT2D eigenvalue weighted by Crippen LogP contribution is 2.44. The third-order valence-electron chi connectivity index (χ3n) is 5.21. The lowest BCUT2D eigenvalue weighted by molar-refractivity contribution is -0.139. The lowest BCUT2D eigenvalue weighted by atomic mass is 9.85. The van der Waals surface area contributed by atoms with Crippen molar-refractivity contribution in [1.82, 2.24) is 4.57 Å². The summed E-state index contributed by atoms with van der Waals surface area (Å²) in [6.07, 6.45) is 1.83. The normalized spacial score (nSPS) is 16.8. The van der Waals surface area contributed by atoms with Gasteiger partial charge in [0, 0.05) is 22.2 Å². The number of fused-ring (bicyclic) bond motifs is 3. The van der Waals surface area contributed by atoms with Crippen molar-refractivity contribution >= 4 is 57.6 Å². The van der Waals surface area contributed by atoms with Crippen molar-refractivity contribution in [2.45, 2.75) is 29.0 Å². The van der Waals surface area contributed by atoms with Crippen LogP contribution in [0.15, 0.2) is 48.5 Å². The Balaban J connectivity index is 2.03. The van der Waals surface area contributed by atoms with Crippen molar-refractivity contribution in [3.8, 4) is 0 Å². The Morgan fingerprint density at radius 1 is 1.07 bits per heavy atom. The number of carboxylic acids is 1. The van der Waals surface area contributed by atoms with Gasteiger partial charge < -0.3 is 5.11 Å². The molecule has 0 fully saturated rings. The van der Waals surface area contributed by atoms with E-state index in [-0.39, 0.29) is 5.91 Å². The minimum atomic E-state index is -1.64. The highest BCUT2D eigenvalue weighted by Gasteiger charge is 2.34. The van der Waals surface area contributed by atoms with Crippen molar-refractivity contribution < 1.29 is 14.7 Å². The Kier molecular flexibility index (Phi) is 4.90. The van der Waals surface area contributed by atoms with Crippen molar-refractivity contribution in [2.24, 2.45) is 0 Å². The molecule has 1 N–H and O–H groups in total. The molecular formula is C21H16Cl3NO3. The van der Waals surface area contributed by atoms with Gasteiger partial charge in [0.1, 0.15) is 0 Å². The van der Waals surface area contributed by atoms with Gasteiger partial charge in [-0.2, -0.15) is 0 Å². The van der Waals surface area contributed by atoms with E-state index in [0.717, 1.165) is 5.69 Å². The van der Waals surface area contributed by atoms with E-state index < -0.39 is 15.7 Å². The van der Waals surface area contributed by atoms with Gasteiger partial charge in [0.25, 0.3) is 5.91 Å². The molecule has 0 amide bonds. The van der Waals surface area contributed by atoms with E-state index in [0.29, 0.717) is 46.9 Å². The van der Waals surface area contributed by atoms with Gasteiger partial charge in [0.15, 0.2) is 0 Å². The number of alkyl halides is 3. The van der Waals surface area contributed by atoms with Crippen LogP contribution in [0.2, 0.25) is 0 Å². The van der Waals surface area contributed by atoms with Gasteiger partial charge in [-0.05, 0) is 49.1 Å². The number of benzene rings is 2. The number of aromatic nitrogens is 1. The molecule has 1 aliphatic carbocycles. The summed E-state index contributed by atoms with van der Waals surface area (Å²) in [5.41, 5.74) is 2.97. The van der Waals surface area contributed by atoms with Gasteiger partial charge in [0.05, 0.1) is 11.4 Å². The quantitative estimate of drug-likeness (QED) is 0.527. The summed E-state index contributed by atoms with van der Waals surface area (Å²) in [7, 11) is 0. The lowest BCUT2D eigenvalue weighted by Crippen LogP contribution is -2.21. The summed E-state index contributed by atoms with van der Waals surface area (Å²) < 4.78 is -0.0166. The van der Waals surface area contributed by atoms with Crippen LogP contribution >= 0.6 is 34.8 Å². The first-order valence-corrected chi connectivity index (χ1v) is 9.99. The molecule has 0 spiro atoms. The summed E-state index contributed by atoms with van der Waals surface area (Å²) in [4.78, 5) is 25.2. The van der Waals surface area contributed by atoms with Gasteiger partial charge >= 0.3 is 5.97 Å². The van der Waals surface area contributed by atoms with E-state index in [2.05, 4.69) is 0 Å². The molecule has 1 heterocycles. The zero-order valence-corrected chi connectivity index (χ0v) is 16.9. The average molecular weight is 437 g/mol. The molecule has 3 aromatic rings. The monoisotopic (exact) mass is 435 g/mol. The molecule has 1 aliphatic rings. The highest BCUT2D eigenvalue weighted by atomic mass is 35.6. The summed E-state index contributed by atoms with van der Waals surface area (Å²) in [5, 5.41) is 10.4. The second kappa shape index (κ2) is 7.11. The summed E-state index contributed by atoms with van der Waals surface area (Å²) in [6, 6.07) is 14.0. The maximum Gasteiger partial charge on any atom is 0.311 e. The molecule has 144 valence electrons. The molecular weight excluding hydrogens is 421 g/mol. The third-order valence-corrected chi connectivity index (χ3v) is 5.87. The van der Waals surface area contributed by atoms with Crippen molar-refractivity contribution in [1.29, 1.82) is 0 Å². The summed E-state index contributed by atoms with van der Waals surface area (Å²) in [6.45, 7) is 0. The van der Waals surface area contributed by atoms with Crippen molar-refractivity contribution in [3.05, 3.63) is 70.9 Å². The first-order valence-electron chi connectivity index (χ1n) is 8.86. The largest absolute Gasteiger partial charge is 0.481 e. The van der Waals surface area contributed by atoms with Crippen LogP contribution in [-0.4, -0.2) is 21.6 Å². The second-order valence-electron chi connectivity index (χ2n) is 6.88. The number of carbonyl (C=O) groups excluding carboxylic acids is 1. The van der Waals surface area contributed by atoms with Crippen molar-refractivity contribution in [2.75, 3.05) is 0 Å². The summed E-state index contributed by atoms with van der Waals surface area (Å²) in [5.74, 6) is -1.80. The number of aliphatic carboxylic acids is 1. The first kappa shape index (κ1) is 19.3. The Morgan fingerprint density at radius 3 is 2.43 bits per heavy atom. The van der Waals surface area contributed by atoms with Gasteiger partial charge in [-0.1, -0.05) is 59.1 Å². The minimum absolute atomic E-state index is 0.195. The van der Waals surface area contributed by atoms with E-state index in [1.807, 2.05) is 6.07 Å². The second-order valence-corrected chi connectivity index (χ2v) is 9.16. The predicted octanol–water partition coefficient (Wildman–Crippen LogP) is 5.66. The molecule has 1 aromatic heterocycles. The molecule has 4 rings (SSSR count). The molecule has 0 bridgehead atoms. The Bertz CT molecular complexity index is 1080. The van der Waals surface area contributed by atoms with Gasteiger partial charge in [-0.3, -0.25) is 14.2 Å². The van der Waals surface area contributed by atoms with Gasteiger partial charge in [0.2, 0.25) is 3.79 Å². The van der Waals surface area contributed by atoms with Gasteiger partial charge in [-0.25, -0.2) is 0 Å². The fourth-order valence-corrected chi connectivity index (χ4v) is 4.34. The Morgan fingerprint density at radius 2 is 1.79 bits per heavy atom. The van der Waals surface area contributed by atoms with E-state index in [4.69, 9.17) is 34.8 Å². The first-order chi connectivity index (χ1) is 13.3. The highest BCUT2D eigenvalue weighted by molar-refractivity contribution is 6.66. The van der Waals surface area contributed by atoms with Crippen LogP contribution in [0.5, 0.6) is 0 Å². The van der Waals surface area contributed by atoms with Crippen LogP contribution < -0.4 is 0 Å². The van der Waals surface area contributed by atoms with Crippen LogP contribution in [0.1, 0.15) is 45.9 Å². The molecule has 0 radical (unpaired) electrons. The summed E-state index contributed by atoms with van der Waals surface area (Å²) >= 11 is 18.1. The van der Waals surface area contributed by atoms with Crippen molar-refractivity contribution in [3.63, 3.8) is 0 Å². The minimum Gasteiger partial charge on any atom is -0.481 e. The fraction of sp³-hybridized carbons (Fsp3) is 0.238. The number of carboxylic acid groups (broad SMARTS) is 1. The fourth-order valence-electron chi connectivity index (χ4n) is 3.99. The smallest absolute Gasteiger partial charge is 0.311 e. The third kappa shape index (κ3) is 3.20. The standard InChI is InChI=1S/C21H16Cl3NO3/c22-21(23,24)13-9-10-16-15(11-13)18-14(20(27)28)7-4-8-17(18)25(16)19(26)12-5-2-1-3-6-12/h1-3,5-6,9-11,14H,4,7-8H2,(H,27,28). The number of hydrogen-bond donors (Lipinski definition) is 1. The van der Waals surface area contributed by atoms with Crippen LogP contribution in [0.4, 0.5) is 0 Å². The molecule has 0 saturated heterocycles. The average Bonchev–Trinajstić information content (AvgIpc) is 3.01.